The van der Waals surface area contributed by atoms with E-state index in [2.05, 4.69) is 5.10 Å². The SMILES string of the molecule is COc1c(C(N)C(N)=O)c(C)nn1C. The quantitative estimate of drug-likeness (QED) is 0.666. The zero-order chi connectivity index (χ0) is 10.9. The Bertz CT molecular complexity index is 358. The van der Waals surface area contributed by atoms with Crippen LogP contribution in [-0.4, -0.2) is 22.8 Å². The van der Waals surface area contributed by atoms with Crippen molar-refractivity contribution in [3.05, 3.63) is 11.3 Å². The molecule has 1 rings (SSSR count). The van der Waals surface area contributed by atoms with Gasteiger partial charge in [0.2, 0.25) is 11.8 Å². The second-order valence-electron chi connectivity index (χ2n) is 3.01. The Kier molecular flexibility index (Phi) is 2.76. The van der Waals surface area contributed by atoms with Crippen molar-refractivity contribution >= 4 is 5.91 Å². The minimum Gasteiger partial charge on any atom is -0.481 e. The number of nitrogens with zero attached hydrogens (tertiary/aromatic N) is 2. The Labute approximate surface area is 81.8 Å². The van der Waals surface area contributed by atoms with E-state index >= 15 is 0 Å². The van der Waals surface area contributed by atoms with Crippen LogP contribution in [0.2, 0.25) is 0 Å². The zero-order valence-corrected chi connectivity index (χ0v) is 8.44. The number of hydrogen-bond acceptors (Lipinski definition) is 4. The molecular formula is C8H14N4O2. The second-order valence-corrected chi connectivity index (χ2v) is 3.01. The van der Waals surface area contributed by atoms with E-state index in [-0.39, 0.29) is 0 Å². The van der Waals surface area contributed by atoms with Gasteiger partial charge in [0.05, 0.1) is 18.4 Å². The Hall–Kier alpha value is -1.56. The van der Waals surface area contributed by atoms with Crippen LogP contribution in [0.15, 0.2) is 0 Å². The van der Waals surface area contributed by atoms with Crippen molar-refractivity contribution < 1.29 is 9.53 Å². The van der Waals surface area contributed by atoms with Crippen molar-refractivity contribution in [1.82, 2.24) is 9.78 Å². The topological polar surface area (TPSA) is 96.2 Å². The van der Waals surface area contributed by atoms with Crippen LogP contribution in [0.5, 0.6) is 5.88 Å². The normalized spacial score (nSPS) is 12.6. The third kappa shape index (κ3) is 1.56. The summed E-state index contributed by atoms with van der Waals surface area (Å²) in [5, 5.41) is 4.09. The summed E-state index contributed by atoms with van der Waals surface area (Å²) in [7, 11) is 3.21. The molecule has 0 aromatic carbocycles. The van der Waals surface area contributed by atoms with Crippen molar-refractivity contribution in [2.24, 2.45) is 18.5 Å². The summed E-state index contributed by atoms with van der Waals surface area (Å²) in [4.78, 5) is 10.9. The van der Waals surface area contributed by atoms with E-state index in [0.717, 1.165) is 0 Å². The van der Waals surface area contributed by atoms with Crippen molar-refractivity contribution in [3.8, 4) is 5.88 Å². The van der Waals surface area contributed by atoms with Crippen LogP contribution in [-0.2, 0) is 11.8 Å². The molecule has 14 heavy (non-hydrogen) atoms. The highest BCUT2D eigenvalue weighted by atomic mass is 16.5. The standard InChI is InChI=1S/C8H14N4O2/c1-4-5(6(9)7(10)13)8(14-3)12(2)11-4/h6H,9H2,1-3H3,(H2,10,13). The molecule has 0 spiro atoms. The summed E-state index contributed by atoms with van der Waals surface area (Å²) < 4.78 is 6.60. The molecule has 0 aliphatic heterocycles. The van der Waals surface area contributed by atoms with Crippen molar-refractivity contribution in [2.45, 2.75) is 13.0 Å². The molecule has 6 heteroatoms. The van der Waals surface area contributed by atoms with Crippen molar-refractivity contribution in [3.63, 3.8) is 0 Å². The predicted octanol–water partition coefficient (Wildman–Crippen LogP) is -0.778. The van der Waals surface area contributed by atoms with Crippen LogP contribution in [0.25, 0.3) is 0 Å². The lowest BCUT2D eigenvalue weighted by Crippen LogP contribution is -2.28. The van der Waals surface area contributed by atoms with Gasteiger partial charge in [0.25, 0.3) is 0 Å². The molecule has 1 heterocycles. The summed E-state index contributed by atoms with van der Waals surface area (Å²) in [6, 6.07) is -0.876. The van der Waals surface area contributed by atoms with E-state index in [1.54, 1.807) is 14.0 Å². The van der Waals surface area contributed by atoms with E-state index < -0.39 is 11.9 Å². The summed E-state index contributed by atoms with van der Waals surface area (Å²) in [6.45, 7) is 1.75. The molecule has 0 aliphatic carbocycles. The van der Waals surface area contributed by atoms with Gasteiger partial charge in [0.15, 0.2) is 0 Å². The number of primary amides is 1. The molecule has 1 atom stereocenters. The van der Waals surface area contributed by atoms with Gasteiger partial charge in [-0.3, -0.25) is 4.79 Å². The van der Waals surface area contributed by atoms with E-state index in [9.17, 15) is 4.79 Å². The lowest BCUT2D eigenvalue weighted by atomic mass is 10.1. The van der Waals surface area contributed by atoms with E-state index in [4.69, 9.17) is 16.2 Å². The number of rotatable bonds is 3. The van der Waals surface area contributed by atoms with Gasteiger partial charge in [0.1, 0.15) is 6.04 Å². The number of hydrogen-bond donors (Lipinski definition) is 2. The molecular weight excluding hydrogens is 184 g/mol. The minimum absolute atomic E-state index is 0.466. The minimum atomic E-state index is -0.876. The lowest BCUT2D eigenvalue weighted by molar-refractivity contribution is -0.119. The van der Waals surface area contributed by atoms with E-state index in [1.807, 2.05) is 0 Å². The summed E-state index contributed by atoms with van der Waals surface area (Å²) in [5.41, 5.74) is 11.9. The number of nitrogens with two attached hydrogens (primary N) is 2. The Morgan fingerprint density at radius 1 is 1.64 bits per heavy atom. The van der Waals surface area contributed by atoms with Gasteiger partial charge in [-0.05, 0) is 6.92 Å². The van der Waals surface area contributed by atoms with Gasteiger partial charge in [0, 0.05) is 7.05 Å². The molecule has 6 nitrogen and oxygen atoms in total. The van der Waals surface area contributed by atoms with Gasteiger partial charge in [-0.1, -0.05) is 0 Å². The highest BCUT2D eigenvalue weighted by Crippen LogP contribution is 2.25. The maximum Gasteiger partial charge on any atom is 0.239 e. The first kappa shape index (κ1) is 10.5. The number of methoxy groups -OCH3 is 1. The van der Waals surface area contributed by atoms with Crippen LogP contribution < -0.4 is 16.2 Å². The molecule has 0 bridgehead atoms. The molecule has 0 fully saturated rings. The van der Waals surface area contributed by atoms with Crippen LogP contribution >= 0.6 is 0 Å². The van der Waals surface area contributed by atoms with Crippen molar-refractivity contribution in [2.75, 3.05) is 7.11 Å². The van der Waals surface area contributed by atoms with Gasteiger partial charge in [-0.2, -0.15) is 5.10 Å². The molecule has 0 aliphatic rings. The molecule has 0 saturated carbocycles. The highest BCUT2D eigenvalue weighted by Gasteiger charge is 2.23. The Balaban J connectivity index is 3.24. The fraction of sp³-hybridized carbons (Fsp3) is 0.500. The number of carbonyl (C=O) groups is 1. The molecule has 0 saturated heterocycles. The third-order valence-corrected chi connectivity index (χ3v) is 2.02. The molecule has 1 amide bonds. The maximum absolute atomic E-state index is 10.9. The molecule has 1 aromatic rings. The monoisotopic (exact) mass is 198 g/mol. The third-order valence-electron chi connectivity index (χ3n) is 2.02. The number of ether oxygens (including phenoxy) is 1. The Morgan fingerprint density at radius 2 is 2.21 bits per heavy atom. The van der Waals surface area contributed by atoms with Crippen LogP contribution in [0.3, 0.4) is 0 Å². The number of amides is 1. The number of aromatic nitrogens is 2. The van der Waals surface area contributed by atoms with Crippen LogP contribution in [0, 0.1) is 6.92 Å². The average molecular weight is 198 g/mol. The predicted molar refractivity (Wildman–Crippen MR) is 50.6 cm³/mol. The highest BCUT2D eigenvalue weighted by molar-refractivity contribution is 5.82. The fourth-order valence-electron chi connectivity index (χ4n) is 1.40. The first-order valence-electron chi connectivity index (χ1n) is 4.11. The van der Waals surface area contributed by atoms with E-state index in [0.29, 0.717) is 17.1 Å². The second kappa shape index (κ2) is 3.67. The number of carbonyl (C=O) groups excluding carboxylic acids is 1. The van der Waals surface area contributed by atoms with Gasteiger partial charge in [-0.15, -0.1) is 0 Å². The average Bonchev–Trinajstić information content (AvgIpc) is 2.38. The smallest absolute Gasteiger partial charge is 0.239 e. The van der Waals surface area contributed by atoms with Gasteiger partial charge < -0.3 is 16.2 Å². The largest absolute Gasteiger partial charge is 0.481 e. The fourth-order valence-corrected chi connectivity index (χ4v) is 1.40. The zero-order valence-electron chi connectivity index (χ0n) is 8.44. The molecule has 78 valence electrons. The van der Waals surface area contributed by atoms with Crippen LogP contribution in [0.4, 0.5) is 0 Å². The molecule has 4 N–H and O–H groups in total. The summed E-state index contributed by atoms with van der Waals surface area (Å²) in [5.74, 6) is -0.131. The first-order chi connectivity index (χ1) is 6.49. The van der Waals surface area contributed by atoms with Crippen LogP contribution in [0.1, 0.15) is 17.3 Å². The summed E-state index contributed by atoms with van der Waals surface area (Å²) in [6.07, 6.45) is 0. The van der Waals surface area contributed by atoms with Gasteiger partial charge in [-0.25, -0.2) is 4.68 Å². The summed E-state index contributed by atoms with van der Waals surface area (Å²) >= 11 is 0. The molecule has 0 radical (unpaired) electrons. The first-order valence-corrected chi connectivity index (χ1v) is 4.11. The molecule has 1 unspecified atom stereocenters. The molecule has 1 aromatic heterocycles. The lowest BCUT2D eigenvalue weighted by Gasteiger charge is -2.09. The van der Waals surface area contributed by atoms with Gasteiger partial charge >= 0.3 is 0 Å². The Morgan fingerprint density at radius 3 is 2.64 bits per heavy atom. The number of aryl methyl sites for hydroxylation is 2. The van der Waals surface area contributed by atoms with E-state index in [1.165, 1.54) is 11.8 Å². The maximum atomic E-state index is 10.9. The van der Waals surface area contributed by atoms with Crippen molar-refractivity contribution in [1.29, 1.82) is 0 Å².